The summed E-state index contributed by atoms with van der Waals surface area (Å²) in [5.74, 6) is -1.98. The third-order valence-electron chi connectivity index (χ3n) is 5.80. The largest absolute Gasteiger partial charge is 0.507 e. The first kappa shape index (κ1) is 24.8. The molecule has 2 aromatic carbocycles. The van der Waals surface area contributed by atoms with Crippen molar-refractivity contribution < 1.29 is 29.5 Å². The average molecular weight is 469 g/mol. The van der Waals surface area contributed by atoms with Gasteiger partial charge in [0.25, 0.3) is 11.7 Å². The molecule has 0 spiro atoms. The van der Waals surface area contributed by atoms with Gasteiger partial charge in [0.2, 0.25) is 0 Å². The average Bonchev–Trinajstić information content (AvgIpc) is 3.03. The molecule has 1 atom stereocenters. The Labute approximate surface area is 197 Å². The third-order valence-corrected chi connectivity index (χ3v) is 5.80. The van der Waals surface area contributed by atoms with Crippen molar-refractivity contribution in [1.29, 1.82) is 0 Å². The van der Waals surface area contributed by atoms with Gasteiger partial charge < -0.3 is 19.8 Å². The van der Waals surface area contributed by atoms with Crippen LogP contribution in [0.15, 0.2) is 42.0 Å². The molecule has 1 unspecified atom stereocenters. The van der Waals surface area contributed by atoms with Gasteiger partial charge in [-0.3, -0.25) is 19.7 Å². The molecule has 9 heteroatoms. The van der Waals surface area contributed by atoms with E-state index in [4.69, 9.17) is 4.74 Å². The molecule has 1 saturated heterocycles. The van der Waals surface area contributed by atoms with Crippen LogP contribution in [0, 0.1) is 10.1 Å². The maximum absolute atomic E-state index is 13.1. The zero-order valence-corrected chi connectivity index (χ0v) is 19.8. The van der Waals surface area contributed by atoms with Gasteiger partial charge in [-0.1, -0.05) is 33.8 Å². The number of phenols is 1. The Morgan fingerprint density at radius 2 is 1.85 bits per heavy atom. The molecule has 34 heavy (non-hydrogen) atoms. The zero-order chi connectivity index (χ0) is 25.4. The summed E-state index contributed by atoms with van der Waals surface area (Å²) in [6, 6.07) is 7.60. The summed E-state index contributed by atoms with van der Waals surface area (Å²) < 4.78 is 5.44. The normalized spacial score (nSPS) is 17.8. The molecule has 0 bridgehead atoms. The van der Waals surface area contributed by atoms with Crippen molar-refractivity contribution >= 4 is 23.1 Å². The van der Waals surface area contributed by atoms with E-state index in [-0.39, 0.29) is 28.9 Å². The summed E-state index contributed by atoms with van der Waals surface area (Å²) in [6.45, 7) is 7.96. The summed E-state index contributed by atoms with van der Waals surface area (Å²) in [4.78, 5) is 37.9. The Kier molecular flexibility index (Phi) is 6.67. The van der Waals surface area contributed by atoms with Crippen LogP contribution in [0.3, 0.4) is 0 Å². The topological polar surface area (TPSA) is 130 Å². The minimum Gasteiger partial charge on any atom is -0.507 e. The Balaban J connectivity index is 2.27. The maximum Gasteiger partial charge on any atom is 0.311 e. The number of nitro benzene ring substituents is 1. The molecule has 2 N–H and O–H groups in total. The lowest BCUT2D eigenvalue weighted by Crippen LogP contribution is -2.30. The van der Waals surface area contributed by atoms with Gasteiger partial charge in [-0.15, -0.1) is 0 Å². The predicted octanol–water partition coefficient (Wildman–Crippen LogP) is 4.44. The van der Waals surface area contributed by atoms with Gasteiger partial charge >= 0.3 is 5.69 Å². The Morgan fingerprint density at radius 1 is 1.18 bits per heavy atom. The van der Waals surface area contributed by atoms with Gasteiger partial charge in [0.05, 0.1) is 23.6 Å². The number of methoxy groups -OCH3 is 1. The van der Waals surface area contributed by atoms with E-state index in [0.717, 1.165) is 17.7 Å². The summed E-state index contributed by atoms with van der Waals surface area (Å²) in [5, 5.41) is 32.5. The number of carbonyl (C=O) groups excluding carboxylic acids is 2. The van der Waals surface area contributed by atoms with Crippen molar-refractivity contribution in [2.75, 3.05) is 13.7 Å². The van der Waals surface area contributed by atoms with Crippen LogP contribution in [-0.4, -0.2) is 45.4 Å². The lowest BCUT2D eigenvalue weighted by molar-refractivity contribution is -0.385. The quantitative estimate of drug-likeness (QED) is 0.211. The number of likely N-dealkylation sites (tertiary alicyclic amines) is 1. The van der Waals surface area contributed by atoms with Gasteiger partial charge in [-0.05, 0) is 41.7 Å². The second-order valence-electron chi connectivity index (χ2n) is 9.16. The van der Waals surface area contributed by atoms with Crippen molar-refractivity contribution in [3.05, 3.63) is 68.8 Å². The molecule has 1 aliphatic heterocycles. The summed E-state index contributed by atoms with van der Waals surface area (Å²) >= 11 is 0. The number of rotatable bonds is 6. The van der Waals surface area contributed by atoms with Gasteiger partial charge in [-0.25, -0.2) is 0 Å². The van der Waals surface area contributed by atoms with Crippen LogP contribution in [0.1, 0.15) is 56.8 Å². The van der Waals surface area contributed by atoms with Gasteiger partial charge in [0, 0.05) is 23.7 Å². The Morgan fingerprint density at radius 3 is 2.41 bits per heavy atom. The number of ether oxygens (including phenoxy) is 1. The van der Waals surface area contributed by atoms with Crippen molar-refractivity contribution in [3.63, 3.8) is 0 Å². The fourth-order valence-electron chi connectivity index (χ4n) is 4.15. The highest BCUT2D eigenvalue weighted by Crippen LogP contribution is 2.42. The first-order chi connectivity index (χ1) is 15.9. The molecule has 0 aromatic heterocycles. The summed E-state index contributed by atoms with van der Waals surface area (Å²) in [5.41, 5.74) is 0.287. The molecule has 0 saturated carbocycles. The van der Waals surface area contributed by atoms with E-state index in [0.29, 0.717) is 17.7 Å². The molecule has 0 radical (unpaired) electrons. The number of aliphatic hydroxyl groups is 1. The fraction of sp³-hybridized carbons (Fsp3) is 0.360. The predicted molar refractivity (Wildman–Crippen MR) is 126 cm³/mol. The number of phenolic OH excluding ortho intramolecular Hbond substituents is 1. The number of ketones is 1. The van der Waals surface area contributed by atoms with E-state index >= 15 is 0 Å². The molecular weight excluding hydrogens is 440 g/mol. The van der Waals surface area contributed by atoms with Crippen LogP contribution in [0.2, 0.25) is 0 Å². The van der Waals surface area contributed by atoms with Gasteiger partial charge in [-0.2, -0.15) is 0 Å². The van der Waals surface area contributed by atoms with Crippen LogP contribution in [0.4, 0.5) is 5.69 Å². The lowest BCUT2D eigenvalue weighted by atomic mass is 9.84. The molecule has 3 rings (SSSR count). The smallest absolute Gasteiger partial charge is 0.311 e. The minimum absolute atomic E-state index is 0.163. The van der Waals surface area contributed by atoms with Crippen molar-refractivity contribution in [3.8, 4) is 11.5 Å². The van der Waals surface area contributed by atoms with E-state index in [2.05, 4.69) is 0 Å². The SMILES string of the molecule is CCCN1C(=O)C(=O)/C(=C(\O)c2ccc(OC)c(C(C)(C)C)c2)C1c1ccc(O)c([N+](=O)[O-])c1. The van der Waals surface area contributed by atoms with Crippen LogP contribution < -0.4 is 4.74 Å². The van der Waals surface area contributed by atoms with E-state index in [1.54, 1.807) is 18.2 Å². The van der Waals surface area contributed by atoms with Crippen LogP contribution in [0.25, 0.3) is 5.76 Å². The van der Waals surface area contributed by atoms with Crippen LogP contribution >= 0.6 is 0 Å². The number of amides is 1. The molecule has 9 nitrogen and oxygen atoms in total. The minimum atomic E-state index is -1.04. The van der Waals surface area contributed by atoms with Crippen molar-refractivity contribution in [1.82, 2.24) is 4.90 Å². The van der Waals surface area contributed by atoms with Crippen molar-refractivity contribution in [2.45, 2.75) is 45.6 Å². The van der Waals surface area contributed by atoms with Crippen LogP contribution in [-0.2, 0) is 15.0 Å². The van der Waals surface area contributed by atoms with E-state index in [1.165, 1.54) is 18.1 Å². The number of benzene rings is 2. The second kappa shape index (κ2) is 9.17. The van der Waals surface area contributed by atoms with E-state index < -0.39 is 34.1 Å². The van der Waals surface area contributed by atoms with Crippen LogP contribution in [0.5, 0.6) is 11.5 Å². The number of carbonyl (C=O) groups is 2. The molecule has 1 heterocycles. The highest BCUT2D eigenvalue weighted by molar-refractivity contribution is 6.46. The maximum atomic E-state index is 13.1. The van der Waals surface area contributed by atoms with Gasteiger partial charge in [0.1, 0.15) is 11.5 Å². The third kappa shape index (κ3) is 4.33. The zero-order valence-electron chi connectivity index (χ0n) is 19.8. The first-order valence-electron chi connectivity index (χ1n) is 10.9. The number of aromatic hydroxyl groups is 1. The van der Waals surface area contributed by atoms with E-state index in [9.17, 15) is 29.9 Å². The highest BCUT2D eigenvalue weighted by Gasteiger charge is 2.46. The Bertz CT molecular complexity index is 1190. The second-order valence-corrected chi connectivity index (χ2v) is 9.16. The molecule has 0 aliphatic carbocycles. The first-order valence-corrected chi connectivity index (χ1v) is 10.9. The number of nitrogens with zero attached hydrogens (tertiary/aromatic N) is 2. The monoisotopic (exact) mass is 468 g/mol. The number of Topliss-reactive ketones (excluding diaryl/α,β-unsaturated/α-hetero) is 1. The van der Waals surface area contributed by atoms with Crippen molar-refractivity contribution in [2.24, 2.45) is 0 Å². The number of nitro groups is 1. The molecule has 180 valence electrons. The number of hydrogen-bond acceptors (Lipinski definition) is 7. The molecule has 1 aliphatic rings. The highest BCUT2D eigenvalue weighted by atomic mass is 16.6. The van der Waals surface area contributed by atoms with Gasteiger partial charge in [0.15, 0.2) is 5.75 Å². The number of hydrogen-bond donors (Lipinski definition) is 2. The Hall–Kier alpha value is -3.88. The van der Waals surface area contributed by atoms with E-state index in [1.807, 2.05) is 27.7 Å². The molecule has 1 amide bonds. The lowest BCUT2D eigenvalue weighted by Gasteiger charge is -2.25. The summed E-state index contributed by atoms with van der Waals surface area (Å²) in [7, 11) is 1.54. The molecule has 2 aromatic rings. The molecular formula is C25H28N2O7. The molecule has 1 fully saturated rings. The summed E-state index contributed by atoms with van der Waals surface area (Å²) in [6.07, 6.45) is 0.528. The fourth-order valence-corrected chi connectivity index (χ4v) is 4.15. The standard InChI is InChI=1S/C25H28N2O7/c1-6-11-26-21(14-7-9-18(28)17(13-14)27(32)33)20(23(30)24(26)31)22(29)15-8-10-19(34-5)16(12-15)25(2,3)4/h7-10,12-13,21,28-29H,6,11H2,1-5H3/b22-20-. The number of aliphatic hydroxyl groups excluding tert-OH is 1.